The molecule has 0 radical (unpaired) electrons. The van der Waals surface area contributed by atoms with Gasteiger partial charge in [-0.1, -0.05) is 0 Å². The zero-order valence-corrected chi connectivity index (χ0v) is 14.7. The van der Waals surface area contributed by atoms with Crippen LogP contribution in [-0.4, -0.2) is 72.3 Å². The van der Waals surface area contributed by atoms with Crippen LogP contribution in [-0.2, 0) is 16.0 Å². The molecule has 2 aliphatic heterocycles. The van der Waals surface area contributed by atoms with Crippen LogP contribution in [0.25, 0.3) is 0 Å². The summed E-state index contributed by atoms with van der Waals surface area (Å²) in [4.78, 5) is 27.9. The number of carbonyl (C=O) groups is 2. The van der Waals surface area contributed by atoms with Gasteiger partial charge in [0.25, 0.3) is 0 Å². The number of aliphatic hydroxyl groups is 1. The molecule has 1 aromatic carbocycles. The maximum absolute atomic E-state index is 12.6. The summed E-state index contributed by atoms with van der Waals surface area (Å²) >= 11 is 0. The lowest BCUT2D eigenvalue weighted by Gasteiger charge is -2.47. The van der Waals surface area contributed by atoms with Gasteiger partial charge in [0, 0.05) is 30.2 Å². The molecule has 2 N–H and O–H groups in total. The summed E-state index contributed by atoms with van der Waals surface area (Å²) in [5, 5.41) is 20.6. The van der Waals surface area contributed by atoms with Gasteiger partial charge in [0.2, 0.25) is 11.8 Å². The van der Waals surface area contributed by atoms with Crippen LogP contribution in [0.5, 0.6) is 17.2 Å². The minimum atomic E-state index is -0.783. The zero-order chi connectivity index (χ0) is 18.5. The minimum absolute atomic E-state index is 0.000717. The smallest absolute Gasteiger partial charge is 0.245 e. The highest BCUT2D eigenvalue weighted by Crippen LogP contribution is 2.50. The van der Waals surface area contributed by atoms with E-state index in [2.05, 4.69) is 0 Å². The standard InChI is InChI=1S/C17H22N2O6/c1-8-14(22)9-5-10-17(23)18(2)6-12(21)19(10)11(7-20)13(9)16(25-4)15(8)24-3/h10-11,20,22H,5-7H2,1-4H3/t10-,11-/m0/s1. The molecule has 2 aliphatic rings. The number of nitrogens with zero attached hydrogens (tertiary/aromatic N) is 2. The van der Waals surface area contributed by atoms with Crippen LogP contribution in [0.1, 0.15) is 22.7 Å². The van der Waals surface area contributed by atoms with Crippen molar-refractivity contribution >= 4 is 11.8 Å². The van der Waals surface area contributed by atoms with Gasteiger partial charge in [0.1, 0.15) is 11.8 Å². The first-order valence-electron chi connectivity index (χ1n) is 8.00. The number of benzene rings is 1. The van der Waals surface area contributed by atoms with Gasteiger partial charge in [-0.05, 0) is 6.92 Å². The second-order valence-corrected chi connectivity index (χ2v) is 6.35. The van der Waals surface area contributed by atoms with E-state index in [-0.39, 0.29) is 30.5 Å². The summed E-state index contributed by atoms with van der Waals surface area (Å²) in [7, 11) is 4.49. The molecule has 8 heteroatoms. The van der Waals surface area contributed by atoms with E-state index < -0.39 is 18.7 Å². The molecule has 3 rings (SSSR count). The third-order valence-electron chi connectivity index (χ3n) is 5.06. The third-order valence-corrected chi connectivity index (χ3v) is 5.06. The Kier molecular flexibility index (Phi) is 4.24. The van der Waals surface area contributed by atoms with Crippen molar-refractivity contribution in [3.8, 4) is 17.2 Å². The molecule has 0 aliphatic carbocycles. The Morgan fingerprint density at radius 1 is 1.20 bits per heavy atom. The number of hydrogen-bond acceptors (Lipinski definition) is 6. The lowest BCUT2D eigenvalue weighted by molar-refractivity contribution is -0.159. The molecule has 2 amide bonds. The van der Waals surface area contributed by atoms with E-state index in [1.54, 1.807) is 14.0 Å². The van der Waals surface area contributed by atoms with Crippen molar-refractivity contribution < 1.29 is 29.3 Å². The third kappa shape index (κ3) is 2.31. The number of likely N-dealkylation sites (N-methyl/N-ethyl adjacent to an activating group) is 1. The van der Waals surface area contributed by atoms with Gasteiger partial charge in [-0.2, -0.15) is 0 Å². The van der Waals surface area contributed by atoms with Gasteiger partial charge < -0.3 is 29.5 Å². The molecule has 2 atom stereocenters. The first-order valence-corrected chi connectivity index (χ1v) is 8.00. The SMILES string of the molecule is COc1c(C)c(O)c2c(c1OC)[C@H](CO)N1C(=O)CN(C)C(=O)[C@@H]1C2. The monoisotopic (exact) mass is 350 g/mol. The molecule has 0 unspecified atom stereocenters. The van der Waals surface area contributed by atoms with Crippen molar-refractivity contribution in [2.45, 2.75) is 25.4 Å². The fourth-order valence-corrected chi connectivity index (χ4v) is 3.90. The number of rotatable bonds is 3. The van der Waals surface area contributed by atoms with Crippen molar-refractivity contribution in [3.05, 3.63) is 16.7 Å². The Bertz CT molecular complexity index is 747. The number of ether oxygens (including phenoxy) is 2. The number of aliphatic hydroxyl groups excluding tert-OH is 1. The lowest BCUT2D eigenvalue weighted by Crippen LogP contribution is -2.62. The summed E-state index contributed by atoms with van der Waals surface area (Å²) in [6, 6.07) is -1.53. The predicted octanol–water partition coefficient (Wildman–Crippen LogP) is -0.0235. The largest absolute Gasteiger partial charge is 0.507 e. The number of fused-ring (bicyclic) bond motifs is 2. The molecule has 2 heterocycles. The van der Waals surface area contributed by atoms with Crippen LogP contribution >= 0.6 is 0 Å². The quantitative estimate of drug-likeness (QED) is 0.795. The Morgan fingerprint density at radius 2 is 1.84 bits per heavy atom. The van der Waals surface area contributed by atoms with E-state index >= 15 is 0 Å². The Balaban J connectivity index is 2.28. The molecule has 0 aromatic heterocycles. The maximum atomic E-state index is 12.6. The molecular weight excluding hydrogens is 328 g/mol. The van der Waals surface area contributed by atoms with Gasteiger partial charge in [0.05, 0.1) is 33.4 Å². The summed E-state index contributed by atoms with van der Waals surface area (Å²) in [5.74, 6) is 0.251. The van der Waals surface area contributed by atoms with Gasteiger partial charge in [0.15, 0.2) is 11.5 Å². The number of phenols is 1. The summed E-state index contributed by atoms with van der Waals surface area (Å²) in [5.41, 5.74) is 1.49. The van der Waals surface area contributed by atoms with E-state index in [1.165, 1.54) is 24.0 Å². The van der Waals surface area contributed by atoms with Gasteiger partial charge in [-0.15, -0.1) is 0 Å². The predicted molar refractivity (Wildman–Crippen MR) is 87.7 cm³/mol. The summed E-state index contributed by atoms with van der Waals surface area (Å²) in [6.45, 7) is 1.25. The Morgan fingerprint density at radius 3 is 2.40 bits per heavy atom. The number of amides is 2. The summed E-state index contributed by atoms with van der Waals surface area (Å²) in [6.07, 6.45) is 0.160. The molecule has 1 saturated heterocycles. The second kappa shape index (κ2) is 6.11. The highest BCUT2D eigenvalue weighted by atomic mass is 16.5. The maximum Gasteiger partial charge on any atom is 0.245 e. The number of piperazine rings is 1. The van der Waals surface area contributed by atoms with Crippen molar-refractivity contribution in [2.75, 3.05) is 34.4 Å². The fourth-order valence-electron chi connectivity index (χ4n) is 3.90. The number of phenolic OH excluding ortho intramolecular Hbond substituents is 1. The summed E-state index contributed by atoms with van der Waals surface area (Å²) < 4.78 is 10.8. The zero-order valence-electron chi connectivity index (χ0n) is 14.7. The van der Waals surface area contributed by atoms with Crippen molar-refractivity contribution in [1.82, 2.24) is 9.80 Å². The van der Waals surface area contributed by atoms with Crippen LogP contribution in [0.2, 0.25) is 0 Å². The van der Waals surface area contributed by atoms with E-state index in [4.69, 9.17) is 9.47 Å². The second-order valence-electron chi connectivity index (χ2n) is 6.35. The Hall–Kier alpha value is -2.48. The first-order chi connectivity index (χ1) is 11.9. The highest BCUT2D eigenvalue weighted by molar-refractivity contribution is 5.96. The van der Waals surface area contributed by atoms with Crippen molar-refractivity contribution in [1.29, 1.82) is 0 Å². The number of hydrogen-bond donors (Lipinski definition) is 2. The fraction of sp³-hybridized carbons (Fsp3) is 0.529. The van der Waals surface area contributed by atoms with Crippen LogP contribution in [0.3, 0.4) is 0 Å². The molecule has 0 saturated carbocycles. The van der Waals surface area contributed by atoms with Crippen molar-refractivity contribution in [3.63, 3.8) is 0 Å². The van der Waals surface area contributed by atoms with Gasteiger partial charge in [-0.25, -0.2) is 0 Å². The molecule has 0 bridgehead atoms. The number of methoxy groups -OCH3 is 2. The van der Waals surface area contributed by atoms with E-state index in [1.807, 2.05) is 0 Å². The van der Waals surface area contributed by atoms with Crippen molar-refractivity contribution in [2.24, 2.45) is 0 Å². The van der Waals surface area contributed by atoms with E-state index in [9.17, 15) is 19.8 Å². The average Bonchev–Trinajstić information content (AvgIpc) is 2.60. The van der Waals surface area contributed by atoms with Crippen LogP contribution < -0.4 is 9.47 Å². The van der Waals surface area contributed by atoms with Gasteiger partial charge in [-0.3, -0.25) is 9.59 Å². The van der Waals surface area contributed by atoms with Crippen LogP contribution in [0.4, 0.5) is 0 Å². The molecule has 136 valence electrons. The van der Waals surface area contributed by atoms with E-state index in [0.29, 0.717) is 28.2 Å². The number of carbonyl (C=O) groups excluding carboxylic acids is 2. The molecule has 0 spiro atoms. The normalized spacial score (nSPS) is 22.6. The molecular formula is C17H22N2O6. The molecule has 25 heavy (non-hydrogen) atoms. The highest BCUT2D eigenvalue weighted by Gasteiger charge is 2.48. The first kappa shape index (κ1) is 17.3. The molecule has 1 fully saturated rings. The van der Waals surface area contributed by atoms with Gasteiger partial charge >= 0.3 is 0 Å². The molecule has 1 aromatic rings. The topological polar surface area (TPSA) is 99.5 Å². The average molecular weight is 350 g/mol. The number of aromatic hydroxyl groups is 1. The van der Waals surface area contributed by atoms with Crippen LogP contribution in [0.15, 0.2) is 0 Å². The van der Waals surface area contributed by atoms with E-state index in [0.717, 1.165) is 0 Å². The van der Waals surface area contributed by atoms with Crippen LogP contribution in [0, 0.1) is 6.92 Å². The molecule has 8 nitrogen and oxygen atoms in total. The minimum Gasteiger partial charge on any atom is -0.507 e. The lowest BCUT2D eigenvalue weighted by atomic mass is 9.83. The Labute approximate surface area is 145 Å².